The Kier molecular flexibility index (Phi) is 5.30. The van der Waals surface area contributed by atoms with Gasteiger partial charge in [-0.25, -0.2) is 4.79 Å². The topological polar surface area (TPSA) is 76.6 Å². The van der Waals surface area contributed by atoms with E-state index < -0.39 is 6.03 Å². The highest BCUT2D eigenvalue weighted by Gasteiger charge is 2.22. The van der Waals surface area contributed by atoms with Gasteiger partial charge in [0, 0.05) is 10.0 Å². The molecule has 0 fully saturated rings. The van der Waals surface area contributed by atoms with Crippen molar-refractivity contribution in [2.45, 2.75) is 19.5 Å². The standard InChI is InChI=1S/C12H16BrN3O2/c1-8(11(17)15-12(14)18)16(2)7-9-3-5-10(13)6-4-9/h3-6,8H,7H2,1-2H3,(H3,14,15,17,18)/p+1/t8-/m0/s1. The number of rotatable bonds is 4. The minimum atomic E-state index is -0.816. The molecule has 1 unspecified atom stereocenters. The molecule has 0 aliphatic rings. The Morgan fingerprint density at radius 1 is 1.39 bits per heavy atom. The van der Waals surface area contributed by atoms with Crippen LogP contribution in [0.15, 0.2) is 28.7 Å². The zero-order valence-electron chi connectivity index (χ0n) is 10.4. The van der Waals surface area contributed by atoms with Crippen molar-refractivity contribution in [2.24, 2.45) is 5.73 Å². The van der Waals surface area contributed by atoms with Crippen LogP contribution in [0.25, 0.3) is 0 Å². The number of hydrogen-bond acceptors (Lipinski definition) is 2. The van der Waals surface area contributed by atoms with E-state index in [2.05, 4.69) is 21.2 Å². The lowest BCUT2D eigenvalue weighted by molar-refractivity contribution is -0.908. The van der Waals surface area contributed by atoms with Gasteiger partial charge in [-0.1, -0.05) is 28.1 Å². The third kappa shape index (κ3) is 4.46. The molecular formula is C12H17BrN3O2+. The molecule has 0 saturated heterocycles. The first-order valence-corrected chi connectivity index (χ1v) is 6.36. The summed E-state index contributed by atoms with van der Waals surface area (Å²) in [6, 6.07) is 6.73. The second-order valence-electron chi connectivity index (χ2n) is 4.22. The zero-order chi connectivity index (χ0) is 13.7. The van der Waals surface area contributed by atoms with Crippen LogP contribution in [0.2, 0.25) is 0 Å². The summed E-state index contributed by atoms with van der Waals surface area (Å²) in [5.41, 5.74) is 6.04. The highest BCUT2D eigenvalue weighted by atomic mass is 79.9. The largest absolute Gasteiger partial charge is 0.351 e. The number of hydrogen-bond donors (Lipinski definition) is 3. The van der Waals surface area contributed by atoms with Gasteiger partial charge < -0.3 is 10.6 Å². The molecule has 0 aliphatic heterocycles. The Bertz CT molecular complexity index is 433. The number of amides is 3. The lowest BCUT2D eigenvalue weighted by Crippen LogP contribution is -3.12. The van der Waals surface area contributed by atoms with Gasteiger partial charge in [0.15, 0.2) is 6.04 Å². The highest BCUT2D eigenvalue weighted by molar-refractivity contribution is 9.10. The van der Waals surface area contributed by atoms with Crippen molar-refractivity contribution in [3.63, 3.8) is 0 Å². The minimum absolute atomic E-state index is 0.346. The molecule has 1 aromatic rings. The number of benzene rings is 1. The normalized spacial score (nSPS) is 13.7. The number of nitrogens with two attached hydrogens (primary N) is 1. The lowest BCUT2D eigenvalue weighted by Gasteiger charge is -2.20. The van der Waals surface area contributed by atoms with Crippen LogP contribution < -0.4 is 16.0 Å². The molecule has 5 nitrogen and oxygen atoms in total. The predicted octanol–water partition coefficient (Wildman–Crippen LogP) is 0.0472. The molecule has 0 bridgehead atoms. The maximum Gasteiger partial charge on any atom is 0.319 e. The Hall–Kier alpha value is -1.40. The maximum absolute atomic E-state index is 11.6. The van der Waals surface area contributed by atoms with Gasteiger partial charge in [-0.05, 0) is 19.1 Å². The number of imide groups is 1. The van der Waals surface area contributed by atoms with Gasteiger partial charge in [-0.3, -0.25) is 10.1 Å². The number of quaternary nitrogens is 1. The zero-order valence-corrected chi connectivity index (χ0v) is 12.0. The van der Waals surface area contributed by atoms with Crippen molar-refractivity contribution in [3.8, 4) is 0 Å². The van der Waals surface area contributed by atoms with Crippen molar-refractivity contribution in [1.29, 1.82) is 0 Å². The van der Waals surface area contributed by atoms with Crippen LogP contribution in [0.5, 0.6) is 0 Å². The molecule has 1 rings (SSSR count). The van der Waals surface area contributed by atoms with Crippen molar-refractivity contribution >= 4 is 27.9 Å². The van der Waals surface area contributed by atoms with Crippen molar-refractivity contribution in [2.75, 3.05) is 7.05 Å². The number of primary amides is 1. The highest BCUT2D eigenvalue weighted by Crippen LogP contribution is 2.09. The summed E-state index contributed by atoms with van der Waals surface area (Å²) in [7, 11) is 1.90. The lowest BCUT2D eigenvalue weighted by atomic mass is 10.2. The molecule has 2 atom stereocenters. The third-order valence-electron chi connectivity index (χ3n) is 2.78. The summed E-state index contributed by atoms with van der Waals surface area (Å²) < 4.78 is 1.02. The van der Waals surface area contributed by atoms with Crippen LogP contribution in [0, 0.1) is 0 Å². The summed E-state index contributed by atoms with van der Waals surface area (Å²) in [5, 5.41) is 2.09. The van der Waals surface area contributed by atoms with Gasteiger partial charge in [0.2, 0.25) is 0 Å². The Morgan fingerprint density at radius 3 is 2.44 bits per heavy atom. The molecule has 0 radical (unpaired) electrons. The fraction of sp³-hybridized carbons (Fsp3) is 0.333. The first kappa shape index (κ1) is 14.7. The van der Waals surface area contributed by atoms with E-state index >= 15 is 0 Å². The molecular weight excluding hydrogens is 298 g/mol. The first-order valence-electron chi connectivity index (χ1n) is 5.57. The molecule has 6 heteroatoms. The summed E-state index contributed by atoms with van der Waals surface area (Å²) in [5.74, 6) is -0.364. The molecule has 0 saturated carbocycles. The van der Waals surface area contributed by atoms with Crippen LogP contribution in [-0.2, 0) is 11.3 Å². The maximum atomic E-state index is 11.6. The van der Waals surface area contributed by atoms with E-state index in [0.29, 0.717) is 6.54 Å². The number of carbonyl (C=O) groups is 2. The molecule has 1 aromatic carbocycles. The van der Waals surface area contributed by atoms with E-state index in [9.17, 15) is 9.59 Å². The molecule has 98 valence electrons. The Morgan fingerprint density at radius 2 is 1.94 bits per heavy atom. The Labute approximate surface area is 114 Å². The van der Waals surface area contributed by atoms with Crippen molar-refractivity contribution in [1.82, 2.24) is 5.32 Å². The average Bonchev–Trinajstić information content (AvgIpc) is 2.30. The summed E-state index contributed by atoms with van der Waals surface area (Å²) in [6.07, 6.45) is 0. The number of urea groups is 1. The second kappa shape index (κ2) is 6.51. The van der Waals surface area contributed by atoms with E-state index in [-0.39, 0.29) is 11.9 Å². The third-order valence-corrected chi connectivity index (χ3v) is 3.30. The van der Waals surface area contributed by atoms with E-state index in [0.717, 1.165) is 14.9 Å². The first-order chi connectivity index (χ1) is 8.40. The molecule has 3 amide bonds. The van der Waals surface area contributed by atoms with Gasteiger partial charge in [-0.2, -0.15) is 0 Å². The second-order valence-corrected chi connectivity index (χ2v) is 5.14. The van der Waals surface area contributed by atoms with E-state index in [4.69, 9.17) is 5.73 Å². The van der Waals surface area contributed by atoms with Gasteiger partial charge in [-0.15, -0.1) is 0 Å². The van der Waals surface area contributed by atoms with E-state index in [1.54, 1.807) is 6.92 Å². The molecule has 0 aliphatic carbocycles. The van der Waals surface area contributed by atoms with Crippen molar-refractivity contribution in [3.05, 3.63) is 34.3 Å². The molecule has 0 spiro atoms. The van der Waals surface area contributed by atoms with Crippen LogP contribution in [0.1, 0.15) is 12.5 Å². The fourth-order valence-electron chi connectivity index (χ4n) is 1.53. The minimum Gasteiger partial charge on any atom is -0.351 e. The quantitative estimate of drug-likeness (QED) is 0.734. The van der Waals surface area contributed by atoms with E-state index in [1.165, 1.54) is 0 Å². The van der Waals surface area contributed by atoms with Crippen LogP contribution in [-0.4, -0.2) is 25.0 Å². The molecule has 0 heterocycles. The number of nitrogens with one attached hydrogen (secondary N) is 2. The molecule has 18 heavy (non-hydrogen) atoms. The van der Waals surface area contributed by atoms with Gasteiger partial charge in [0.1, 0.15) is 6.54 Å². The molecule has 4 N–H and O–H groups in total. The SMILES string of the molecule is C[C@@H](C(=O)NC(N)=O)[NH+](C)Cc1ccc(Br)cc1. The average molecular weight is 315 g/mol. The fourth-order valence-corrected chi connectivity index (χ4v) is 1.80. The van der Waals surface area contributed by atoms with Crippen LogP contribution in [0.4, 0.5) is 4.79 Å². The van der Waals surface area contributed by atoms with Crippen LogP contribution in [0.3, 0.4) is 0 Å². The van der Waals surface area contributed by atoms with Crippen molar-refractivity contribution < 1.29 is 14.5 Å². The summed E-state index contributed by atoms with van der Waals surface area (Å²) >= 11 is 3.37. The summed E-state index contributed by atoms with van der Waals surface area (Å²) in [4.78, 5) is 23.2. The van der Waals surface area contributed by atoms with E-state index in [1.807, 2.05) is 31.3 Å². The van der Waals surface area contributed by atoms with Gasteiger partial charge in [0.05, 0.1) is 7.05 Å². The van der Waals surface area contributed by atoms with Gasteiger partial charge >= 0.3 is 6.03 Å². The smallest absolute Gasteiger partial charge is 0.319 e. The number of halogens is 1. The Balaban J connectivity index is 2.59. The summed E-state index contributed by atoms with van der Waals surface area (Å²) in [6.45, 7) is 2.45. The number of carbonyl (C=O) groups excluding carboxylic acids is 2. The van der Waals surface area contributed by atoms with Gasteiger partial charge in [0.25, 0.3) is 5.91 Å². The predicted molar refractivity (Wildman–Crippen MR) is 71.9 cm³/mol. The number of likely N-dealkylation sites (N-methyl/N-ethyl adjacent to an activating group) is 1. The van der Waals surface area contributed by atoms with Crippen LogP contribution >= 0.6 is 15.9 Å². The monoisotopic (exact) mass is 314 g/mol. The molecule has 0 aromatic heterocycles.